The summed E-state index contributed by atoms with van der Waals surface area (Å²) >= 11 is 0. The Labute approximate surface area is 141 Å². The van der Waals surface area contributed by atoms with Crippen LogP contribution in [0.25, 0.3) is 5.57 Å². The quantitative estimate of drug-likeness (QED) is 0.908. The smallest absolute Gasteiger partial charge is 0.257 e. The lowest BCUT2D eigenvalue weighted by Gasteiger charge is -2.32. The minimum Gasteiger partial charge on any atom is -0.504 e. The number of hydrogen-bond donors (Lipinski definition) is 2. The Morgan fingerprint density at radius 2 is 1.96 bits per heavy atom. The molecule has 1 atom stereocenters. The van der Waals surface area contributed by atoms with E-state index in [4.69, 9.17) is 4.74 Å². The van der Waals surface area contributed by atoms with Crippen LogP contribution in [0.15, 0.2) is 48.7 Å². The van der Waals surface area contributed by atoms with E-state index in [9.17, 15) is 9.90 Å². The number of carbonyl (C=O) groups is 1. The van der Waals surface area contributed by atoms with Gasteiger partial charge in [0.25, 0.3) is 5.91 Å². The Morgan fingerprint density at radius 1 is 1.25 bits per heavy atom. The summed E-state index contributed by atoms with van der Waals surface area (Å²) < 4.78 is 5.20. The van der Waals surface area contributed by atoms with Gasteiger partial charge in [0.05, 0.1) is 18.7 Å². The first-order chi connectivity index (χ1) is 11.5. The number of benzene rings is 2. The molecule has 0 aliphatic carbocycles. The number of methoxy groups -OCH3 is 1. The standard InChI is InChI=1S/C19H20N2O3/c1-12-14-10-18(24-3)17(22)9-15(14)16(11-21(12)2)19(23)20-13-7-5-4-6-8-13/h4-12,22H,1-3H3,(H,20,23). The monoisotopic (exact) mass is 324 g/mol. The summed E-state index contributed by atoms with van der Waals surface area (Å²) in [5, 5.41) is 13.0. The van der Waals surface area contributed by atoms with Crippen molar-refractivity contribution in [2.24, 2.45) is 0 Å². The van der Waals surface area contributed by atoms with Gasteiger partial charge in [-0.25, -0.2) is 0 Å². The van der Waals surface area contributed by atoms with Crippen molar-refractivity contribution in [3.8, 4) is 11.5 Å². The molecular formula is C19H20N2O3. The van der Waals surface area contributed by atoms with Gasteiger partial charge >= 0.3 is 0 Å². The SMILES string of the molecule is COc1cc2c(cc1O)C(C(=O)Nc1ccccc1)=CN(C)C2C. The molecule has 2 N–H and O–H groups in total. The molecule has 124 valence electrons. The van der Waals surface area contributed by atoms with E-state index < -0.39 is 0 Å². The maximum Gasteiger partial charge on any atom is 0.257 e. The van der Waals surface area contributed by atoms with Crippen LogP contribution in [-0.4, -0.2) is 30.1 Å². The van der Waals surface area contributed by atoms with Crippen LogP contribution in [0.1, 0.15) is 24.1 Å². The number of anilines is 1. The molecule has 1 amide bonds. The minimum atomic E-state index is -0.217. The summed E-state index contributed by atoms with van der Waals surface area (Å²) in [6.07, 6.45) is 1.80. The topological polar surface area (TPSA) is 61.8 Å². The summed E-state index contributed by atoms with van der Waals surface area (Å²) in [5.41, 5.74) is 2.89. The highest BCUT2D eigenvalue weighted by atomic mass is 16.5. The van der Waals surface area contributed by atoms with Crippen molar-refractivity contribution in [3.05, 3.63) is 59.8 Å². The molecule has 2 aromatic rings. The Morgan fingerprint density at radius 3 is 2.62 bits per heavy atom. The Bertz CT molecular complexity index is 800. The van der Waals surface area contributed by atoms with Gasteiger partial charge in [-0.3, -0.25) is 4.79 Å². The number of amides is 1. The van der Waals surface area contributed by atoms with Gasteiger partial charge in [-0.1, -0.05) is 18.2 Å². The van der Waals surface area contributed by atoms with Crippen molar-refractivity contribution >= 4 is 17.2 Å². The molecule has 5 heteroatoms. The average molecular weight is 324 g/mol. The second kappa shape index (κ2) is 6.28. The van der Waals surface area contributed by atoms with Crippen LogP contribution >= 0.6 is 0 Å². The lowest BCUT2D eigenvalue weighted by atomic mass is 9.91. The Balaban J connectivity index is 2.01. The molecule has 2 aromatic carbocycles. The van der Waals surface area contributed by atoms with Gasteiger partial charge < -0.3 is 20.1 Å². The van der Waals surface area contributed by atoms with Crippen LogP contribution in [0.4, 0.5) is 5.69 Å². The van der Waals surface area contributed by atoms with Crippen molar-refractivity contribution in [2.45, 2.75) is 13.0 Å². The van der Waals surface area contributed by atoms with Crippen LogP contribution in [0, 0.1) is 0 Å². The third-order valence-electron chi connectivity index (χ3n) is 4.31. The number of carbonyl (C=O) groups excluding carboxylic acids is 1. The summed E-state index contributed by atoms with van der Waals surface area (Å²) in [7, 11) is 3.43. The molecule has 24 heavy (non-hydrogen) atoms. The number of para-hydroxylation sites is 1. The van der Waals surface area contributed by atoms with Crippen molar-refractivity contribution in [2.75, 3.05) is 19.5 Å². The van der Waals surface area contributed by atoms with Gasteiger partial charge in [-0.15, -0.1) is 0 Å². The second-order valence-corrected chi connectivity index (χ2v) is 5.82. The van der Waals surface area contributed by atoms with E-state index in [0.29, 0.717) is 16.9 Å². The summed E-state index contributed by atoms with van der Waals surface area (Å²) in [5.74, 6) is 0.205. The highest BCUT2D eigenvalue weighted by Crippen LogP contribution is 2.40. The summed E-state index contributed by atoms with van der Waals surface area (Å²) in [6.45, 7) is 2.04. The van der Waals surface area contributed by atoms with Crippen molar-refractivity contribution < 1.29 is 14.6 Å². The highest BCUT2D eigenvalue weighted by Gasteiger charge is 2.27. The predicted molar refractivity (Wildman–Crippen MR) is 93.9 cm³/mol. The highest BCUT2D eigenvalue weighted by molar-refractivity contribution is 6.25. The number of fused-ring (bicyclic) bond motifs is 1. The maximum absolute atomic E-state index is 12.7. The molecule has 1 heterocycles. The summed E-state index contributed by atoms with van der Waals surface area (Å²) in [6, 6.07) is 12.7. The lowest BCUT2D eigenvalue weighted by Crippen LogP contribution is -2.26. The Kier molecular flexibility index (Phi) is 4.16. The number of nitrogens with zero attached hydrogens (tertiary/aromatic N) is 1. The first-order valence-electron chi connectivity index (χ1n) is 7.72. The second-order valence-electron chi connectivity index (χ2n) is 5.82. The fraction of sp³-hybridized carbons (Fsp3) is 0.211. The molecule has 1 aliphatic rings. The maximum atomic E-state index is 12.7. The van der Waals surface area contributed by atoms with Crippen LogP contribution < -0.4 is 10.1 Å². The number of ether oxygens (including phenoxy) is 1. The molecule has 1 aliphatic heterocycles. The number of phenols is 1. The van der Waals surface area contributed by atoms with E-state index >= 15 is 0 Å². The molecule has 3 rings (SSSR count). The van der Waals surface area contributed by atoms with Gasteiger partial charge in [0.1, 0.15) is 0 Å². The largest absolute Gasteiger partial charge is 0.504 e. The van der Waals surface area contributed by atoms with E-state index in [1.807, 2.05) is 49.2 Å². The first kappa shape index (κ1) is 15.9. The third-order valence-corrected chi connectivity index (χ3v) is 4.31. The van der Waals surface area contributed by atoms with Gasteiger partial charge in [0.15, 0.2) is 11.5 Å². The molecule has 1 unspecified atom stereocenters. The molecule has 0 saturated carbocycles. The zero-order valence-corrected chi connectivity index (χ0v) is 13.9. The van der Waals surface area contributed by atoms with Crippen LogP contribution in [0.2, 0.25) is 0 Å². The number of nitrogens with one attached hydrogen (secondary N) is 1. The molecule has 0 bridgehead atoms. The molecule has 0 radical (unpaired) electrons. The van der Waals surface area contributed by atoms with Gasteiger partial charge in [-0.05, 0) is 42.3 Å². The fourth-order valence-corrected chi connectivity index (χ4v) is 2.83. The van der Waals surface area contributed by atoms with Crippen molar-refractivity contribution in [1.82, 2.24) is 4.90 Å². The lowest BCUT2D eigenvalue weighted by molar-refractivity contribution is -0.111. The van der Waals surface area contributed by atoms with Gasteiger partial charge in [0.2, 0.25) is 0 Å². The molecule has 5 nitrogen and oxygen atoms in total. The number of phenolic OH excluding ortho intramolecular Hbond substituents is 1. The molecular weight excluding hydrogens is 304 g/mol. The van der Waals surface area contributed by atoms with Gasteiger partial charge in [0, 0.05) is 18.9 Å². The normalized spacial score (nSPS) is 16.2. The van der Waals surface area contributed by atoms with Crippen LogP contribution in [-0.2, 0) is 4.79 Å². The summed E-state index contributed by atoms with van der Waals surface area (Å²) in [4.78, 5) is 14.7. The van der Waals surface area contributed by atoms with E-state index in [-0.39, 0.29) is 17.7 Å². The van der Waals surface area contributed by atoms with E-state index in [1.165, 1.54) is 7.11 Å². The molecule has 0 aromatic heterocycles. The predicted octanol–water partition coefficient (Wildman–Crippen LogP) is 3.39. The zero-order chi connectivity index (χ0) is 17.3. The minimum absolute atomic E-state index is 0.0198. The van der Waals surface area contributed by atoms with E-state index in [0.717, 1.165) is 11.3 Å². The van der Waals surface area contributed by atoms with E-state index in [2.05, 4.69) is 5.32 Å². The van der Waals surface area contributed by atoms with Crippen molar-refractivity contribution in [3.63, 3.8) is 0 Å². The zero-order valence-electron chi connectivity index (χ0n) is 13.9. The molecule has 0 fully saturated rings. The van der Waals surface area contributed by atoms with Gasteiger partial charge in [-0.2, -0.15) is 0 Å². The third kappa shape index (κ3) is 2.80. The number of aromatic hydroxyl groups is 1. The number of hydrogen-bond acceptors (Lipinski definition) is 4. The van der Waals surface area contributed by atoms with Crippen LogP contribution in [0.3, 0.4) is 0 Å². The fourth-order valence-electron chi connectivity index (χ4n) is 2.83. The Hall–Kier alpha value is -2.95. The van der Waals surface area contributed by atoms with Crippen LogP contribution in [0.5, 0.6) is 11.5 Å². The molecule has 0 saturated heterocycles. The number of rotatable bonds is 3. The molecule has 0 spiro atoms. The average Bonchev–Trinajstić information content (AvgIpc) is 2.58. The van der Waals surface area contributed by atoms with Crippen molar-refractivity contribution in [1.29, 1.82) is 0 Å². The first-order valence-corrected chi connectivity index (χ1v) is 7.72. The van der Waals surface area contributed by atoms with E-state index in [1.54, 1.807) is 18.3 Å².